The number of carbonyl (C=O) groups excluding carboxylic acids is 1. The number of ether oxygens (including phenoxy) is 2. The highest BCUT2D eigenvalue weighted by Gasteiger charge is 2.20. The van der Waals surface area contributed by atoms with E-state index in [0.717, 1.165) is 24.0 Å². The van der Waals surface area contributed by atoms with E-state index in [9.17, 15) is 14.9 Å². The highest BCUT2D eigenvalue weighted by Crippen LogP contribution is 2.25. The molecule has 1 aliphatic rings. The maximum atomic E-state index is 13.3. The molecular formula is C25H24N4O4. The monoisotopic (exact) mass is 444 g/mol. The molecule has 3 heterocycles. The van der Waals surface area contributed by atoms with E-state index >= 15 is 0 Å². The molecular weight excluding hydrogens is 420 g/mol. The Kier molecular flexibility index (Phi) is 6.52. The van der Waals surface area contributed by atoms with Gasteiger partial charge in [0.2, 0.25) is 5.88 Å². The van der Waals surface area contributed by atoms with Crippen LogP contribution >= 0.6 is 0 Å². The summed E-state index contributed by atoms with van der Waals surface area (Å²) in [6.07, 6.45) is 4.57. The number of nitrogens with zero attached hydrogens (tertiary/aromatic N) is 3. The topological polar surface area (TPSA) is 106 Å². The maximum Gasteiger partial charge on any atom is 0.269 e. The second-order valence-electron chi connectivity index (χ2n) is 7.95. The van der Waals surface area contributed by atoms with Crippen molar-refractivity contribution >= 4 is 17.6 Å². The zero-order chi connectivity index (χ0) is 23.4. The lowest BCUT2D eigenvalue weighted by atomic mass is 10.1. The first-order valence-electron chi connectivity index (χ1n) is 10.7. The van der Waals surface area contributed by atoms with Gasteiger partial charge in [0.25, 0.3) is 11.5 Å². The SMILES string of the molecule is Cc1cccc(Oc2nc3c(C)cccn3c(=O)c2/C=C(\C#N)C(=O)NCC2CCCO2)c1. The van der Waals surface area contributed by atoms with Crippen molar-refractivity contribution in [3.05, 3.63) is 75.2 Å². The average Bonchev–Trinajstić information content (AvgIpc) is 3.32. The van der Waals surface area contributed by atoms with Crippen LogP contribution in [0.1, 0.15) is 29.5 Å². The van der Waals surface area contributed by atoms with Crippen molar-refractivity contribution in [3.8, 4) is 17.7 Å². The number of carbonyl (C=O) groups is 1. The second-order valence-corrected chi connectivity index (χ2v) is 7.95. The summed E-state index contributed by atoms with van der Waals surface area (Å²) in [5.74, 6) is -0.0568. The normalized spacial score (nSPS) is 15.9. The van der Waals surface area contributed by atoms with Gasteiger partial charge in [0, 0.05) is 19.3 Å². The van der Waals surface area contributed by atoms with Crippen LogP contribution in [0.15, 0.2) is 53.0 Å². The smallest absolute Gasteiger partial charge is 0.269 e. The van der Waals surface area contributed by atoms with Gasteiger partial charge in [-0.05, 0) is 62.1 Å². The number of rotatable bonds is 6. The predicted molar refractivity (Wildman–Crippen MR) is 123 cm³/mol. The maximum absolute atomic E-state index is 13.3. The van der Waals surface area contributed by atoms with Crippen molar-refractivity contribution in [1.29, 1.82) is 5.26 Å². The van der Waals surface area contributed by atoms with Crippen LogP contribution in [0.25, 0.3) is 11.7 Å². The molecule has 33 heavy (non-hydrogen) atoms. The molecule has 8 heteroatoms. The van der Waals surface area contributed by atoms with Crippen LogP contribution in [-0.4, -0.2) is 34.5 Å². The summed E-state index contributed by atoms with van der Waals surface area (Å²) < 4.78 is 12.9. The summed E-state index contributed by atoms with van der Waals surface area (Å²) in [4.78, 5) is 30.5. The van der Waals surface area contributed by atoms with Crippen molar-refractivity contribution in [2.75, 3.05) is 13.2 Å². The Hall–Kier alpha value is -3.96. The number of hydrogen-bond donors (Lipinski definition) is 1. The molecule has 1 amide bonds. The Labute approximate surface area is 191 Å². The van der Waals surface area contributed by atoms with Crippen molar-refractivity contribution in [2.24, 2.45) is 0 Å². The Morgan fingerprint density at radius 1 is 1.36 bits per heavy atom. The van der Waals surface area contributed by atoms with Crippen LogP contribution in [0.4, 0.5) is 0 Å². The minimum atomic E-state index is -0.580. The van der Waals surface area contributed by atoms with E-state index in [2.05, 4.69) is 10.3 Å². The van der Waals surface area contributed by atoms with Crippen LogP contribution in [0.3, 0.4) is 0 Å². The van der Waals surface area contributed by atoms with E-state index in [1.54, 1.807) is 18.3 Å². The summed E-state index contributed by atoms with van der Waals surface area (Å²) in [7, 11) is 0. The molecule has 1 N–H and O–H groups in total. The van der Waals surface area contributed by atoms with E-state index in [0.29, 0.717) is 24.5 Å². The summed E-state index contributed by atoms with van der Waals surface area (Å²) in [5, 5.41) is 12.3. The summed E-state index contributed by atoms with van der Waals surface area (Å²) in [5.41, 5.74) is 1.56. The number of aryl methyl sites for hydroxylation is 2. The van der Waals surface area contributed by atoms with Gasteiger partial charge in [0.1, 0.15) is 28.6 Å². The summed E-state index contributed by atoms with van der Waals surface area (Å²) in [6.45, 7) is 4.73. The molecule has 1 saturated heterocycles. The Morgan fingerprint density at radius 3 is 2.94 bits per heavy atom. The lowest BCUT2D eigenvalue weighted by Gasteiger charge is -2.12. The van der Waals surface area contributed by atoms with E-state index in [-0.39, 0.29) is 23.1 Å². The molecule has 0 saturated carbocycles. The Morgan fingerprint density at radius 2 is 2.21 bits per heavy atom. The molecule has 4 rings (SSSR count). The van der Waals surface area contributed by atoms with Gasteiger partial charge >= 0.3 is 0 Å². The molecule has 1 unspecified atom stereocenters. The van der Waals surface area contributed by atoms with E-state index in [1.807, 2.05) is 44.2 Å². The van der Waals surface area contributed by atoms with Crippen LogP contribution in [0.5, 0.6) is 11.6 Å². The first kappa shape index (κ1) is 22.2. The summed E-state index contributed by atoms with van der Waals surface area (Å²) >= 11 is 0. The van der Waals surface area contributed by atoms with Crippen LogP contribution in [0.2, 0.25) is 0 Å². The molecule has 1 fully saturated rings. The van der Waals surface area contributed by atoms with E-state index < -0.39 is 11.5 Å². The molecule has 0 bridgehead atoms. The van der Waals surface area contributed by atoms with Crippen LogP contribution < -0.4 is 15.6 Å². The lowest BCUT2D eigenvalue weighted by molar-refractivity contribution is -0.117. The molecule has 1 aromatic carbocycles. The number of benzene rings is 1. The van der Waals surface area contributed by atoms with Crippen molar-refractivity contribution in [1.82, 2.24) is 14.7 Å². The van der Waals surface area contributed by atoms with Crippen LogP contribution in [-0.2, 0) is 9.53 Å². The predicted octanol–water partition coefficient (Wildman–Crippen LogP) is 3.31. The second kappa shape index (κ2) is 9.67. The van der Waals surface area contributed by atoms with Gasteiger partial charge in [0.05, 0.1) is 6.10 Å². The number of fused-ring (bicyclic) bond motifs is 1. The number of amides is 1. The minimum Gasteiger partial charge on any atom is -0.438 e. The molecule has 0 aliphatic carbocycles. The number of nitrogens with one attached hydrogen (secondary N) is 1. The zero-order valence-corrected chi connectivity index (χ0v) is 18.5. The fourth-order valence-corrected chi connectivity index (χ4v) is 3.68. The molecule has 0 spiro atoms. The lowest BCUT2D eigenvalue weighted by Crippen LogP contribution is -2.32. The molecule has 1 atom stereocenters. The first-order chi connectivity index (χ1) is 16.0. The highest BCUT2D eigenvalue weighted by molar-refractivity contribution is 6.01. The third kappa shape index (κ3) is 4.94. The standard InChI is InChI=1S/C25H24N4O4/c1-16-6-3-8-19(12-16)33-24-21(25(31)29-10-4-7-17(2)22(29)28-24)13-18(14-26)23(30)27-15-20-9-5-11-32-20/h3-4,6-8,10,12-13,20H,5,9,11,15H2,1-2H3,(H,27,30)/b18-13+. The third-order valence-electron chi connectivity index (χ3n) is 5.42. The fourth-order valence-electron chi connectivity index (χ4n) is 3.68. The Bertz CT molecular complexity index is 1330. The minimum absolute atomic E-state index is 0.0171. The van der Waals surface area contributed by atoms with Gasteiger partial charge in [-0.15, -0.1) is 0 Å². The highest BCUT2D eigenvalue weighted by atomic mass is 16.5. The number of nitriles is 1. The quantitative estimate of drug-likeness (QED) is 0.462. The molecule has 0 radical (unpaired) electrons. The zero-order valence-electron chi connectivity index (χ0n) is 18.5. The van der Waals surface area contributed by atoms with Crippen molar-refractivity contribution in [3.63, 3.8) is 0 Å². The van der Waals surface area contributed by atoms with Crippen molar-refractivity contribution < 1.29 is 14.3 Å². The van der Waals surface area contributed by atoms with E-state index in [4.69, 9.17) is 9.47 Å². The number of pyridine rings is 1. The number of hydrogen-bond acceptors (Lipinski definition) is 6. The van der Waals surface area contributed by atoms with Gasteiger partial charge in [-0.1, -0.05) is 18.2 Å². The molecule has 8 nitrogen and oxygen atoms in total. The summed E-state index contributed by atoms with van der Waals surface area (Å²) in [6, 6.07) is 12.8. The molecule has 3 aromatic rings. The van der Waals surface area contributed by atoms with Gasteiger partial charge in [0.15, 0.2) is 0 Å². The molecule has 168 valence electrons. The van der Waals surface area contributed by atoms with Gasteiger partial charge < -0.3 is 14.8 Å². The average molecular weight is 444 g/mol. The fraction of sp³-hybridized carbons (Fsp3) is 0.280. The number of aromatic nitrogens is 2. The van der Waals surface area contributed by atoms with Gasteiger partial charge in [-0.2, -0.15) is 10.2 Å². The largest absolute Gasteiger partial charge is 0.438 e. The Balaban J connectivity index is 1.76. The first-order valence-corrected chi connectivity index (χ1v) is 10.7. The van der Waals surface area contributed by atoms with Crippen LogP contribution in [0, 0.1) is 25.2 Å². The van der Waals surface area contributed by atoms with Crippen molar-refractivity contribution in [2.45, 2.75) is 32.8 Å². The van der Waals surface area contributed by atoms with Gasteiger partial charge in [-0.25, -0.2) is 0 Å². The molecule has 2 aromatic heterocycles. The molecule has 1 aliphatic heterocycles. The van der Waals surface area contributed by atoms with Gasteiger partial charge in [-0.3, -0.25) is 14.0 Å². The third-order valence-corrected chi connectivity index (χ3v) is 5.42. The van der Waals surface area contributed by atoms with E-state index in [1.165, 1.54) is 10.5 Å².